The molecule has 1 saturated heterocycles. The van der Waals surface area contributed by atoms with Gasteiger partial charge in [0.2, 0.25) is 0 Å². The summed E-state index contributed by atoms with van der Waals surface area (Å²) in [6.07, 6.45) is 5.76. The van der Waals surface area contributed by atoms with Crippen LogP contribution in [0, 0.1) is 10.1 Å². The van der Waals surface area contributed by atoms with Gasteiger partial charge >= 0.3 is 0 Å². The minimum absolute atomic E-state index is 0.159. The highest BCUT2D eigenvalue weighted by Gasteiger charge is 2.23. The molecule has 1 aromatic carbocycles. The molecule has 0 saturated carbocycles. The van der Waals surface area contributed by atoms with Gasteiger partial charge in [0.1, 0.15) is 18.3 Å². The van der Waals surface area contributed by atoms with E-state index in [9.17, 15) is 14.9 Å². The maximum absolute atomic E-state index is 12.4. The van der Waals surface area contributed by atoms with Crippen molar-refractivity contribution in [2.75, 3.05) is 13.1 Å². The Morgan fingerprint density at radius 1 is 1.23 bits per heavy atom. The summed E-state index contributed by atoms with van der Waals surface area (Å²) in [5, 5.41) is 15.2. The van der Waals surface area contributed by atoms with Crippen molar-refractivity contribution in [2.45, 2.75) is 19.3 Å². The van der Waals surface area contributed by atoms with E-state index in [0.717, 1.165) is 19.3 Å². The summed E-state index contributed by atoms with van der Waals surface area (Å²) < 4.78 is 1.31. The van der Waals surface area contributed by atoms with Crippen LogP contribution in [0.15, 0.2) is 30.9 Å². The van der Waals surface area contributed by atoms with E-state index in [-0.39, 0.29) is 17.3 Å². The monoisotopic (exact) mass is 301 g/mol. The lowest BCUT2D eigenvalue weighted by Gasteiger charge is -2.26. The molecule has 0 bridgehead atoms. The van der Waals surface area contributed by atoms with E-state index in [1.54, 1.807) is 11.0 Å². The Bertz CT molecular complexity index is 693. The summed E-state index contributed by atoms with van der Waals surface area (Å²) >= 11 is 0. The third-order valence-corrected chi connectivity index (χ3v) is 3.73. The first-order valence-electron chi connectivity index (χ1n) is 7.09. The third-order valence-electron chi connectivity index (χ3n) is 3.73. The Morgan fingerprint density at radius 2 is 2.00 bits per heavy atom. The number of hydrogen-bond donors (Lipinski definition) is 0. The molecule has 0 atom stereocenters. The number of nitrogens with zero attached hydrogens (tertiary/aromatic N) is 5. The highest BCUT2D eigenvalue weighted by atomic mass is 16.6. The van der Waals surface area contributed by atoms with E-state index in [0.29, 0.717) is 18.7 Å². The molecule has 0 N–H and O–H groups in total. The molecule has 1 fully saturated rings. The van der Waals surface area contributed by atoms with Crippen molar-refractivity contribution < 1.29 is 9.72 Å². The summed E-state index contributed by atoms with van der Waals surface area (Å²) in [4.78, 5) is 28.7. The molecule has 0 unspecified atom stereocenters. The predicted octanol–water partition coefficient (Wildman–Crippen LogP) is 1.80. The summed E-state index contributed by atoms with van der Waals surface area (Å²) in [6.45, 7) is 1.41. The second-order valence-electron chi connectivity index (χ2n) is 5.15. The maximum atomic E-state index is 12.4. The fraction of sp³-hybridized carbons (Fsp3) is 0.357. The van der Waals surface area contributed by atoms with E-state index in [1.165, 1.54) is 29.5 Å². The zero-order valence-electron chi connectivity index (χ0n) is 11.9. The zero-order valence-corrected chi connectivity index (χ0v) is 11.9. The Labute approximate surface area is 126 Å². The summed E-state index contributed by atoms with van der Waals surface area (Å²) in [6, 6.07) is 4.44. The lowest BCUT2D eigenvalue weighted by molar-refractivity contribution is -0.384. The largest absolute Gasteiger partial charge is 0.339 e. The number of piperidine rings is 1. The van der Waals surface area contributed by atoms with Crippen LogP contribution in [0.25, 0.3) is 5.69 Å². The number of carbonyl (C=O) groups excluding carboxylic acids is 1. The molecule has 8 heteroatoms. The third kappa shape index (κ3) is 2.67. The van der Waals surface area contributed by atoms with Crippen LogP contribution in [-0.2, 0) is 0 Å². The molecule has 3 rings (SSSR count). The van der Waals surface area contributed by atoms with Crippen LogP contribution in [0.2, 0.25) is 0 Å². The average Bonchev–Trinajstić information content (AvgIpc) is 3.08. The molecule has 8 nitrogen and oxygen atoms in total. The highest BCUT2D eigenvalue weighted by Crippen LogP contribution is 2.24. The topological polar surface area (TPSA) is 94.2 Å². The number of aromatic nitrogens is 3. The van der Waals surface area contributed by atoms with Gasteiger partial charge in [-0.05, 0) is 31.4 Å². The van der Waals surface area contributed by atoms with E-state index in [4.69, 9.17) is 0 Å². The number of nitro benzene ring substituents is 1. The second kappa shape index (κ2) is 5.92. The van der Waals surface area contributed by atoms with Gasteiger partial charge in [-0.2, -0.15) is 5.10 Å². The Balaban J connectivity index is 1.95. The van der Waals surface area contributed by atoms with Gasteiger partial charge in [-0.25, -0.2) is 9.67 Å². The number of rotatable bonds is 3. The minimum Gasteiger partial charge on any atom is -0.339 e. The molecule has 0 aliphatic carbocycles. The van der Waals surface area contributed by atoms with Crippen molar-refractivity contribution in [3.8, 4) is 5.69 Å². The molecule has 22 heavy (non-hydrogen) atoms. The van der Waals surface area contributed by atoms with Crippen LogP contribution in [0.5, 0.6) is 0 Å². The lowest BCUT2D eigenvalue weighted by Crippen LogP contribution is -2.35. The standard InChI is InChI=1S/C14H15N5O3/c20-14(17-6-2-1-3-7-17)11-4-5-12(13(8-11)19(21)22)18-10-15-9-16-18/h4-5,8-10H,1-3,6-7H2. The van der Waals surface area contributed by atoms with Crippen molar-refractivity contribution in [1.82, 2.24) is 19.7 Å². The molecule has 114 valence electrons. The first-order valence-corrected chi connectivity index (χ1v) is 7.09. The van der Waals surface area contributed by atoms with E-state index in [1.807, 2.05) is 0 Å². The van der Waals surface area contributed by atoms with Gasteiger partial charge in [0.25, 0.3) is 11.6 Å². The van der Waals surface area contributed by atoms with Gasteiger partial charge in [-0.15, -0.1) is 0 Å². The van der Waals surface area contributed by atoms with Crippen LogP contribution in [0.1, 0.15) is 29.6 Å². The number of nitro groups is 1. The van der Waals surface area contributed by atoms with Crippen molar-refractivity contribution in [2.24, 2.45) is 0 Å². The van der Waals surface area contributed by atoms with Gasteiger partial charge in [0.05, 0.1) is 4.92 Å². The normalized spacial score (nSPS) is 14.8. The number of benzene rings is 1. The van der Waals surface area contributed by atoms with Crippen LogP contribution >= 0.6 is 0 Å². The maximum Gasteiger partial charge on any atom is 0.295 e. The van der Waals surface area contributed by atoms with Crippen LogP contribution in [0.3, 0.4) is 0 Å². The number of likely N-dealkylation sites (tertiary alicyclic amines) is 1. The van der Waals surface area contributed by atoms with Gasteiger partial charge < -0.3 is 4.90 Å². The molecule has 1 amide bonds. The number of amides is 1. The molecule has 1 aromatic heterocycles. The summed E-state index contributed by atoms with van der Waals surface area (Å²) in [7, 11) is 0. The molecular weight excluding hydrogens is 286 g/mol. The first-order chi connectivity index (χ1) is 10.7. The van der Waals surface area contributed by atoms with E-state index < -0.39 is 4.92 Å². The molecule has 0 radical (unpaired) electrons. The van der Waals surface area contributed by atoms with Crippen molar-refractivity contribution in [1.29, 1.82) is 0 Å². The SMILES string of the molecule is O=C(c1ccc(-n2cncn2)c([N+](=O)[O-])c1)N1CCCCC1. The lowest BCUT2D eigenvalue weighted by atomic mass is 10.1. The highest BCUT2D eigenvalue weighted by molar-refractivity contribution is 5.95. The van der Waals surface area contributed by atoms with Crippen molar-refractivity contribution in [3.05, 3.63) is 46.5 Å². The first kappa shape index (κ1) is 14.2. The van der Waals surface area contributed by atoms with Crippen LogP contribution in [0.4, 0.5) is 5.69 Å². The second-order valence-corrected chi connectivity index (χ2v) is 5.15. The molecule has 2 aromatic rings. The molecule has 1 aliphatic rings. The van der Waals surface area contributed by atoms with E-state index >= 15 is 0 Å². The average molecular weight is 301 g/mol. The Hall–Kier alpha value is -2.77. The number of hydrogen-bond acceptors (Lipinski definition) is 5. The van der Waals surface area contributed by atoms with Gasteiger partial charge in [0, 0.05) is 24.7 Å². The van der Waals surface area contributed by atoms with Gasteiger partial charge in [0.15, 0.2) is 0 Å². The Kier molecular flexibility index (Phi) is 3.82. The molecule has 1 aliphatic heterocycles. The Morgan fingerprint density at radius 3 is 2.64 bits per heavy atom. The fourth-order valence-electron chi connectivity index (χ4n) is 2.61. The molecule has 2 heterocycles. The fourth-order valence-corrected chi connectivity index (χ4v) is 2.61. The number of carbonyl (C=O) groups is 1. The summed E-state index contributed by atoms with van der Waals surface area (Å²) in [5.74, 6) is -0.159. The van der Waals surface area contributed by atoms with Crippen molar-refractivity contribution in [3.63, 3.8) is 0 Å². The quantitative estimate of drug-likeness (QED) is 0.636. The van der Waals surface area contributed by atoms with Gasteiger partial charge in [-0.3, -0.25) is 14.9 Å². The van der Waals surface area contributed by atoms with E-state index in [2.05, 4.69) is 10.1 Å². The minimum atomic E-state index is -0.510. The smallest absolute Gasteiger partial charge is 0.295 e. The van der Waals surface area contributed by atoms with Crippen LogP contribution < -0.4 is 0 Å². The van der Waals surface area contributed by atoms with Crippen LogP contribution in [-0.4, -0.2) is 43.6 Å². The van der Waals surface area contributed by atoms with Crippen molar-refractivity contribution >= 4 is 11.6 Å². The molecule has 0 spiro atoms. The predicted molar refractivity (Wildman–Crippen MR) is 77.8 cm³/mol. The summed E-state index contributed by atoms with van der Waals surface area (Å²) in [5.41, 5.74) is 0.462. The van der Waals surface area contributed by atoms with Gasteiger partial charge in [-0.1, -0.05) is 0 Å². The zero-order chi connectivity index (χ0) is 15.5. The molecular formula is C14H15N5O3.